The highest BCUT2D eigenvalue weighted by Crippen LogP contribution is 2.31. The largest absolute Gasteiger partial charge is 0.513 e. The zero-order chi connectivity index (χ0) is 25.5. The van der Waals surface area contributed by atoms with Crippen LogP contribution in [0.4, 0.5) is 17.6 Å². The number of carbonyl (C=O) groups excluding carboxylic acids is 1. The number of ketones is 1. The van der Waals surface area contributed by atoms with Crippen molar-refractivity contribution in [2.75, 3.05) is 33.2 Å². The molecule has 1 N–H and O–H groups in total. The Hall–Kier alpha value is -1.93. The van der Waals surface area contributed by atoms with Gasteiger partial charge in [0.25, 0.3) is 0 Å². The minimum atomic E-state index is -4.70. The second kappa shape index (κ2) is 16.7. The molecule has 0 atom stereocenters. The first-order chi connectivity index (χ1) is 14.8. The van der Waals surface area contributed by atoms with Crippen molar-refractivity contribution >= 4 is 5.78 Å². The summed E-state index contributed by atoms with van der Waals surface area (Å²) >= 11 is 0. The van der Waals surface area contributed by atoms with Gasteiger partial charge in [0.15, 0.2) is 0 Å². The van der Waals surface area contributed by atoms with Crippen molar-refractivity contribution in [2.24, 2.45) is 0 Å². The van der Waals surface area contributed by atoms with Crippen LogP contribution in [-0.2, 0) is 17.4 Å². The Labute approximate surface area is 190 Å². The summed E-state index contributed by atoms with van der Waals surface area (Å²) in [5, 5.41) is 8.22. The Balaban J connectivity index is 0. The van der Waals surface area contributed by atoms with E-state index in [4.69, 9.17) is 5.11 Å². The number of Topliss-reactive ketones (excluding diaryl/α,β-unsaturated/α-hetero) is 1. The summed E-state index contributed by atoms with van der Waals surface area (Å²) in [6.45, 7) is 18.2. The number of nitrogens with zero attached hydrogens (tertiary/aromatic N) is 2. The van der Waals surface area contributed by atoms with Crippen LogP contribution in [0.5, 0.6) is 0 Å². The van der Waals surface area contributed by atoms with Crippen molar-refractivity contribution in [1.82, 2.24) is 9.80 Å². The van der Waals surface area contributed by atoms with Gasteiger partial charge in [-0.2, -0.15) is 13.2 Å². The smallest absolute Gasteiger partial charge is 0.419 e. The zero-order valence-electron chi connectivity index (χ0n) is 20.7. The summed E-state index contributed by atoms with van der Waals surface area (Å²) in [4.78, 5) is 15.6. The molecule has 4 nitrogen and oxygen atoms in total. The first kappa shape index (κ1) is 32.3. The Morgan fingerprint density at radius 1 is 1.12 bits per heavy atom. The molecule has 0 spiro atoms. The lowest BCUT2D eigenvalue weighted by Gasteiger charge is -2.34. The van der Waals surface area contributed by atoms with Crippen LogP contribution >= 0.6 is 0 Å². The summed E-state index contributed by atoms with van der Waals surface area (Å²) in [6, 6.07) is 3.22. The maximum atomic E-state index is 13.0. The molecule has 186 valence electrons. The first-order valence-corrected chi connectivity index (χ1v) is 10.9. The molecule has 0 amide bonds. The second-order valence-corrected chi connectivity index (χ2v) is 7.55. The number of piperazine rings is 1. The lowest BCUT2D eigenvalue weighted by molar-refractivity contribution is -0.140. The number of carbonyl (C=O) groups is 1. The molecule has 0 saturated carbocycles. The van der Waals surface area contributed by atoms with Crippen molar-refractivity contribution in [3.05, 3.63) is 47.0 Å². The molecule has 1 saturated heterocycles. The van der Waals surface area contributed by atoms with Crippen LogP contribution in [0, 0.1) is 5.82 Å². The fourth-order valence-corrected chi connectivity index (χ4v) is 2.52. The van der Waals surface area contributed by atoms with Gasteiger partial charge >= 0.3 is 6.18 Å². The van der Waals surface area contributed by atoms with Crippen LogP contribution < -0.4 is 0 Å². The second-order valence-electron chi connectivity index (χ2n) is 7.55. The van der Waals surface area contributed by atoms with Gasteiger partial charge in [0.05, 0.1) is 11.3 Å². The molecule has 0 unspecified atom stereocenters. The third-order valence-electron chi connectivity index (χ3n) is 4.48. The van der Waals surface area contributed by atoms with Gasteiger partial charge in [-0.05, 0) is 59.4 Å². The van der Waals surface area contributed by atoms with Gasteiger partial charge in [-0.15, -0.1) is 0 Å². The number of hydrogen-bond donors (Lipinski definition) is 1. The SMILES string of the molecule is C/C=C(\C)O.CC.CC(=O)Cc1ccc(C(F)(F)F)c(F)c1.CC(C)N1CCN(C)CC1. The third-order valence-corrected chi connectivity index (χ3v) is 4.48. The van der Waals surface area contributed by atoms with E-state index in [9.17, 15) is 22.4 Å². The molecule has 1 aliphatic heterocycles. The summed E-state index contributed by atoms with van der Waals surface area (Å²) in [5.74, 6) is -1.19. The van der Waals surface area contributed by atoms with Crippen LogP contribution in [0.2, 0.25) is 0 Å². The molecule has 1 aromatic rings. The number of benzene rings is 1. The van der Waals surface area contributed by atoms with E-state index < -0.39 is 17.6 Å². The monoisotopic (exact) mass is 464 g/mol. The van der Waals surface area contributed by atoms with E-state index in [1.807, 2.05) is 13.8 Å². The van der Waals surface area contributed by atoms with Crippen molar-refractivity contribution < 1.29 is 27.5 Å². The number of rotatable bonds is 3. The Kier molecular flexibility index (Phi) is 16.8. The van der Waals surface area contributed by atoms with E-state index in [0.717, 1.165) is 18.2 Å². The van der Waals surface area contributed by atoms with Gasteiger partial charge in [0.2, 0.25) is 0 Å². The number of allylic oxidation sites excluding steroid dienone is 2. The number of likely N-dealkylation sites (N-methyl/N-ethyl adjacent to an activating group) is 1. The van der Waals surface area contributed by atoms with Crippen LogP contribution in [0.1, 0.15) is 59.6 Å². The molecule has 1 aromatic carbocycles. The topological polar surface area (TPSA) is 43.8 Å². The maximum Gasteiger partial charge on any atom is 0.419 e. The number of aliphatic hydroxyl groups is 1. The zero-order valence-corrected chi connectivity index (χ0v) is 20.7. The molecule has 0 radical (unpaired) electrons. The van der Waals surface area contributed by atoms with E-state index in [1.54, 1.807) is 19.9 Å². The van der Waals surface area contributed by atoms with E-state index in [-0.39, 0.29) is 17.8 Å². The van der Waals surface area contributed by atoms with Gasteiger partial charge in [0, 0.05) is 38.6 Å². The molecule has 1 aliphatic rings. The maximum absolute atomic E-state index is 13.0. The average molecular weight is 465 g/mol. The molecule has 32 heavy (non-hydrogen) atoms. The highest BCUT2D eigenvalue weighted by atomic mass is 19.4. The van der Waals surface area contributed by atoms with Crippen LogP contribution in [0.25, 0.3) is 0 Å². The molecule has 8 heteroatoms. The molecular weight excluding hydrogens is 424 g/mol. The summed E-state index contributed by atoms with van der Waals surface area (Å²) < 4.78 is 49.4. The van der Waals surface area contributed by atoms with Gasteiger partial charge in [0.1, 0.15) is 11.6 Å². The van der Waals surface area contributed by atoms with Crippen molar-refractivity contribution in [3.63, 3.8) is 0 Å². The summed E-state index contributed by atoms with van der Waals surface area (Å²) in [7, 11) is 2.19. The molecule has 0 aromatic heterocycles. The van der Waals surface area contributed by atoms with Crippen LogP contribution in [0.3, 0.4) is 0 Å². The fourth-order valence-electron chi connectivity index (χ4n) is 2.52. The van der Waals surface area contributed by atoms with Crippen molar-refractivity contribution in [1.29, 1.82) is 0 Å². The van der Waals surface area contributed by atoms with Crippen LogP contribution in [0.15, 0.2) is 30.0 Å². The molecule has 0 bridgehead atoms. The predicted molar refractivity (Wildman–Crippen MR) is 123 cm³/mol. The molecule has 1 heterocycles. The minimum Gasteiger partial charge on any atom is -0.513 e. The summed E-state index contributed by atoms with van der Waals surface area (Å²) in [6.07, 6.45) is -3.12. The molecular formula is C24H40F4N2O2. The Bertz CT molecular complexity index is 677. The van der Waals surface area contributed by atoms with Crippen LogP contribution in [-0.4, -0.2) is 60.0 Å². The van der Waals surface area contributed by atoms with E-state index in [2.05, 4.69) is 30.7 Å². The Morgan fingerprint density at radius 2 is 1.59 bits per heavy atom. The normalized spacial score (nSPS) is 15.0. The number of aliphatic hydroxyl groups excluding tert-OH is 1. The molecule has 0 aliphatic carbocycles. The van der Waals surface area contributed by atoms with E-state index in [1.165, 1.54) is 33.1 Å². The highest BCUT2D eigenvalue weighted by molar-refractivity contribution is 5.78. The van der Waals surface area contributed by atoms with Crippen molar-refractivity contribution in [2.45, 2.75) is 67.1 Å². The van der Waals surface area contributed by atoms with Gasteiger partial charge in [-0.25, -0.2) is 4.39 Å². The van der Waals surface area contributed by atoms with Gasteiger partial charge in [-0.3, -0.25) is 9.69 Å². The lowest BCUT2D eigenvalue weighted by atomic mass is 10.1. The first-order valence-electron chi connectivity index (χ1n) is 10.9. The van der Waals surface area contributed by atoms with E-state index >= 15 is 0 Å². The third kappa shape index (κ3) is 15.0. The molecule has 1 fully saturated rings. The Morgan fingerprint density at radius 3 is 1.91 bits per heavy atom. The number of hydrogen-bond acceptors (Lipinski definition) is 4. The number of alkyl halides is 3. The quantitative estimate of drug-likeness (QED) is 0.433. The average Bonchev–Trinajstić information content (AvgIpc) is 2.69. The fraction of sp³-hybridized carbons (Fsp3) is 0.625. The van der Waals surface area contributed by atoms with Gasteiger partial charge in [-0.1, -0.05) is 26.0 Å². The lowest BCUT2D eigenvalue weighted by Crippen LogP contribution is -2.47. The molecule has 2 rings (SSSR count). The highest BCUT2D eigenvalue weighted by Gasteiger charge is 2.33. The summed E-state index contributed by atoms with van der Waals surface area (Å²) in [5.41, 5.74) is -1.07. The predicted octanol–water partition coefficient (Wildman–Crippen LogP) is 6.11. The number of halogens is 4. The van der Waals surface area contributed by atoms with Gasteiger partial charge < -0.3 is 10.0 Å². The standard InChI is InChI=1S/C10H8F4O.C8H18N2.C4H8O.C2H6/c1-6(15)4-7-2-3-8(9(11)5-7)10(12,13)14;1-8(2)10-6-4-9(3)5-7-10;1-3-4(2)5;1-2/h2-3,5H,4H2,1H3;8H,4-7H2,1-3H3;3,5H,1-2H3;1-2H3/b;;4-3+;. The van der Waals surface area contributed by atoms with E-state index in [0.29, 0.717) is 11.8 Å². The van der Waals surface area contributed by atoms with Crippen molar-refractivity contribution in [3.8, 4) is 0 Å². The minimum absolute atomic E-state index is 0.0605.